The molecule has 12 heavy (non-hydrogen) atoms. The quantitative estimate of drug-likeness (QED) is 0.585. The summed E-state index contributed by atoms with van der Waals surface area (Å²) in [6.07, 6.45) is 8.38. The number of hydrogen-bond donors (Lipinski definition) is 0. The van der Waals surface area contributed by atoms with E-state index in [0.717, 1.165) is 0 Å². The third-order valence-electron chi connectivity index (χ3n) is 1.04. The van der Waals surface area contributed by atoms with Crippen LogP contribution in [0.15, 0.2) is 55.4 Å². The van der Waals surface area contributed by atoms with Crippen LogP contribution in [-0.4, -0.2) is 15.0 Å². The van der Waals surface area contributed by atoms with Crippen molar-refractivity contribution in [3.8, 4) is 0 Å². The van der Waals surface area contributed by atoms with Gasteiger partial charge in [0.25, 0.3) is 0 Å². The Hall–Kier alpha value is -1.77. The monoisotopic (exact) mass is 159 g/mol. The molecule has 0 aliphatic carbocycles. The van der Waals surface area contributed by atoms with Crippen molar-refractivity contribution in [3.05, 3.63) is 55.4 Å². The highest BCUT2D eigenvalue weighted by Crippen LogP contribution is 1.73. The van der Waals surface area contributed by atoms with Gasteiger partial charge >= 0.3 is 0 Å². The molecule has 0 saturated heterocycles. The van der Waals surface area contributed by atoms with Gasteiger partial charge in [0, 0.05) is 24.8 Å². The van der Waals surface area contributed by atoms with E-state index in [1.54, 1.807) is 30.9 Å². The summed E-state index contributed by atoms with van der Waals surface area (Å²) in [6, 6.07) is 7.49. The van der Waals surface area contributed by atoms with Gasteiger partial charge in [-0.3, -0.25) is 4.98 Å². The molecule has 2 aromatic rings. The van der Waals surface area contributed by atoms with Crippen molar-refractivity contribution in [1.82, 2.24) is 15.0 Å². The summed E-state index contributed by atoms with van der Waals surface area (Å²) in [5.74, 6) is 0. The van der Waals surface area contributed by atoms with Crippen molar-refractivity contribution in [2.45, 2.75) is 0 Å². The Labute approximate surface area is 71.2 Å². The van der Waals surface area contributed by atoms with Gasteiger partial charge in [0.15, 0.2) is 0 Å². The van der Waals surface area contributed by atoms with Gasteiger partial charge in [-0.05, 0) is 18.2 Å². The smallest absolute Gasteiger partial charge is 0.115 e. The van der Waals surface area contributed by atoms with Gasteiger partial charge in [-0.25, -0.2) is 9.97 Å². The van der Waals surface area contributed by atoms with E-state index >= 15 is 0 Å². The van der Waals surface area contributed by atoms with E-state index in [2.05, 4.69) is 15.0 Å². The molecule has 0 radical (unpaired) electrons. The fraction of sp³-hybridized carbons (Fsp3) is 0. The largest absolute Gasteiger partial charge is 0.265 e. The summed E-state index contributed by atoms with van der Waals surface area (Å²) in [5, 5.41) is 0. The molecular weight excluding hydrogens is 150 g/mol. The van der Waals surface area contributed by atoms with Crippen LogP contribution in [0.5, 0.6) is 0 Å². The van der Waals surface area contributed by atoms with Crippen LogP contribution < -0.4 is 0 Å². The molecule has 2 rings (SSSR count). The molecule has 3 heteroatoms. The van der Waals surface area contributed by atoms with E-state index in [1.165, 1.54) is 6.33 Å². The molecule has 0 atom stereocenters. The molecule has 0 spiro atoms. The summed E-state index contributed by atoms with van der Waals surface area (Å²) in [7, 11) is 0. The lowest BCUT2D eigenvalue weighted by molar-refractivity contribution is 1.17. The molecule has 0 fully saturated rings. The average molecular weight is 159 g/mol. The number of pyridine rings is 1. The SMILES string of the molecule is c1ccncc1.c1cncnc1. The minimum Gasteiger partial charge on any atom is -0.265 e. The zero-order valence-corrected chi connectivity index (χ0v) is 6.54. The Kier molecular flexibility index (Phi) is 4.15. The van der Waals surface area contributed by atoms with Gasteiger partial charge < -0.3 is 0 Å². The summed E-state index contributed by atoms with van der Waals surface area (Å²) >= 11 is 0. The maximum atomic E-state index is 3.78. The van der Waals surface area contributed by atoms with Crippen LogP contribution in [0.2, 0.25) is 0 Å². The molecule has 0 aliphatic heterocycles. The van der Waals surface area contributed by atoms with Crippen molar-refractivity contribution in [2.75, 3.05) is 0 Å². The predicted octanol–water partition coefficient (Wildman–Crippen LogP) is 1.56. The normalized spacial score (nSPS) is 8.00. The van der Waals surface area contributed by atoms with Crippen LogP contribution in [0.25, 0.3) is 0 Å². The number of nitrogens with zero attached hydrogens (tertiary/aromatic N) is 3. The van der Waals surface area contributed by atoms with Crippen LogP contribution >= 0.6 is 0 Å². The Morgan fingerprint density at radius 2 is 1.08 bits per heavy atom. The highest BCUT2D eigenvalue weighted by atomic mass is 14.8. The topological polar surface area (TPSA) is 38.7 Å². The van der Waals surface area contributed by atoms with Crippen molar-refractivity contribution in [3.63, 3.8) is 0 Å². The molecule has 0 aromatic carbocycles. The second kappa shape index (κ2) is 5.97. The lowest BCUT2D eigenvalue weighted by Crippen LogP contribution is -1.66. The Morgan fingerprint density at radius 3 is 1.25 bits per heavy atom. The first-order chi connectivity index (χ1) is 6.00. The van der Waals surface area contributed by atoms with Crippen molar-refractivity contribution < 1.29 is 0 Å². The number of hydrogen-bond acceptors (Lipinski definition) is 3. The van der Waals surface area contributed by atoms with E-state index in [9.17, 15) is 0 Å². The van der Waals surface area contributed by atoms with E-state index in [4.69, 9.17) is 0 Å². The number of aromatic nitrogens is 3. The summed E-state index contributed by atoms with van der Waals surface area (Å²) < 4.78 is 0. The van der Waals surface area contributed by atoms with Gasteiger partial charge in [-0.2, -0.15) is 0 Å². The van der Waals surface area contributed by atoms with Crippen LogP contribution in [0, 0.1) is 0 Å². The Morgan fingerprint density at radius 1 is 0.500 bits per heavy atom. The van der Waals surface area contributed by atoms with Gasteiger partial charge in [0.2, 0.25) is 0 Å². The molecule has 2 heterocycles. The molecule has 3 nitrogen and oxygen atoms in total. The van der Waals surface area contributed by atoms with Gasteiger partial charge in [0.1, 0.15) is 6.33 Å². The Balaban J connectivity index is 0.000000120. The highest BCUT2D eigenvalue weighted by molar-refractivity contribution is 4.88. The standard InChI is InChI=1S/C5H5N.C4H4N2/c1-2-4-6-5-3-1;1-2-5-4-6-3-1/h1-5H;1-4H. The van der Waals surface area contributed by atoms with Crippen molar-refractivity contribution in [1.29, 1.82) is 0 Å². The van der Waals surface area contributed by atoms with Crippen LogP contribution in [0.1, 0.15) is 0 Å². The first-order valence-corrected chi connectivity index (χ1v) is 3.55. The highest BCUT2D eigenvalue weighted by Gasteiger charge is 1.59. The first-order valence-electron chi connectivity index (χ1n) is 3.55. The van der Waals surface area contributed by atoms with Crippen LogP contribution in [0.3, 0.4) is 0 Å². The van der Waals surface area contributed by atoms with Crippen LogP contribution in [-0.2, 0) is 0 Å². The zero-order valence-electron chi connectivity index (χ0n) is 6.54. The van der Waals surface area contributed by atoms with Gasteiger partial charge in [-0.15, -0.1) is 0 Å². The minimum atomic E-state index is 1.50. The van der Waals surface area contributed by atoms with E-state index in [0.29, 0.717) is 0 Å². The first kappa shape index (κ1) is 8.33. The van der Waals surface area contributed by atoms with Gasteiger partial charge in [-0.1, -0.05) is 6.07 Å². The minimum absolute atomic E-state index is 1.50. The zero-order chi connectivity index (χ0) is 8.49. The molecule has 0 bridgehead atoms. The Bertz CT molecular complexity index is 185. The van der Waals surface area contributed by atoms with Gasteiger partial charge in [0.05, 0.1) is 0 Å². The third-order valence-corrected chi connectivity index (χ3v) is 1.04. The summed E-state index contributed by atoms with van der Waals surface area (Å²) in [5.41, 5.74) is 0. The van der Waals surface area contributed by atoms with E-state index < -0.39 is 0 Å². The maximum Gasteiger partial charge on any atom is 0.115 e. The lowest BCUT2D eigenvalue weighted by Gasteiger charge is -1.70. The van der Waals surface area contributed by atoms with E-state index in [1.807, 2.05) is 18.2 Å². The fourth-order valence-electron chi connectivity index (χ4n) is 0.566. The van der Waals surface area contributed by atoms with Crippen molar-refractivity contribution >= 4 is 0 Å². The van der Waals surface area contributed by atoms with Crippen molar-refractivity contribution in [2.24, 2.45) is 0 Å². The van der Waals surface area contributed by atoms with Crippen LogP contribution in [0.4, 0.5) is 0 Å². The molecule has 0 aliphatic rings. The molecule has 60 valence electrons. The maximum absolute atomic E-state index is 3.78. The second-order valence-electron chi connectivity index (χ2n) is 1.93. The molecule has 0 N–H and O–H groups in total. The average Bonchev–Trinajstić information content (AvgIpc) is 2.24. The fourth-order valence-corrected chi connectivity index (χ4v) is 0.566. The summed E-state index contributed by atoms with van der Waals surface area (Å²) in [4.78, 5) is 11.1. The molecular formula is C9H9N3. The summed E-state index contributed by atoms with van der Waals surface area (Å²) in [6.45, 7) is 0. The molecule has 0 saturated carbocycles. The molecule has 0 amide bonds. The third kappa shape index (κ3) is 4.11. The molecule has 0 unspecified atom stereocenters. The van der Waals surface area contributed by atoms with E-state index in [-0.39, 0.29) is 0 Å². The second-order valence-corrected chi connectivity index (χ2v) is 1.93. The number of rotatable bonds is 0. The lowest BCUT2D eigenvalue weighted by atomic mass is 10.5. The predicted molar refractivity (Wildman–Crippen MR) is 46.3 cm³/mol. The molecule has 2 aromatic heterocycles.